The molecule has 0 spiro atoms. The molecule has 1 heterocycles. The van der Waals surface area contributed by atoms with Crippen LogP contribution >= 0.6 is 0 Å². The molecule has 4 nitrogen and oxygen atoms in total. The first-order valence-corrected chi connectivity index (χ1v) is 6.94. The summed E-state index contributed by atoms with van der Waals surface area (Å²) in [6.07, 6.45) is -0.621. The molecule has 0 unspecified atom stereocenters. The topological polar surface area (TPSA) is 38.8 Å². The average molecular weight is 277 g/mol. The highest BCUT2D eigenvalue weighted by Gasteiger charge is 2.49. The first-order chi connectivity index (χ1) is 9.24. The molecule has 1 fully saturated rings. The van der Waals surface area contributed by atoms with Crippen molar-refractivity contribution in [3.63, 3.8) is 0 Å². The van der Waals surface area contributed by atoms with Crippen LogP contribution in [0.4, 0.5) is 4.79 Å². The van der Waals surface area contributed by atoms with Crippen molar-refractivity contribution in [2.45, 2.75) is 52.0 Å². The second kappa shape index (κ2) is 5.09. The fourth-order valence-electron chi connectivity index (χ4n) is 2.67. The second-order valence-corrected chi connectivity index (χ2v) is 6.32. The van der Waals surface area contributed by atoms with Gasteiger partial charge in [0, 0.05) is 0 Å². The van der Waals surface area contributed by atoms with E-state index in [-0.39, 0.29) is 17.7 Å². The zero-order valence-corrected chi connectivity index (χ0v) is 12.8. The van der Waals surface area contributed by atoms with E-state index in [1.165, 1.54) is 0 Å². The molecule has 0 aliphatic carbocycles. The fourth-order valence-corrected chi connectivity index (χ4v) is 2.67. The monoisotopic (exact) mass is 277 g/mol. The summed E-state index contributed by atoms with van der Waals surface area (Å²) >= 11 is 0. The smallest absolute Gasteiger partial charge is 0.413 e. The molecule has 4 heteroatoms. The van der Waals surface area contributed by atoms with Crippen LogP contribution in [0.15, 0.2) is 30.3 Å². The van der Waals surface area contributed by atoms with Crippen LogP contribution in [0, 0.1) is 0 Å². The predicted octanol–water partition coefficient (Wildman–Crippen LogP) is 3.73. The van der Waals surface area contributed by atoms with Gasteiger partial charge in [-0.05, 0) is 40.2 Å². The van der Waals surface area contributed by atoms with E-state index in [9.17, 15) is 4.79 Å². The molecule has 0 bridgehead atoms. The number of amides is 1. The van der Waals surface area contributed by atoms with Gasteiger partial charge in [-0.2, -0.15) is 0 Å². The lowest BCUT2D eigenvalue weighted by atomic mass is 10.0. The first kappa shape index (κ1) is 14.9. The van der Waals surface area contributed by atoms with Crippen molar-refractivity contribution in [2.24, 2.45) is 0 Å². The molecule has 1 amide bonds. The predicted molar refractivity (Wildman–Crippen MR) is 77.3 cm³/mol. The van der Waals surface area contributed by atoms with E-state index in [0.717, 1.165) is 5.56 Å². The summed E-state index contributed by atoms with van der Waals surface area (Å²) < 4.78 is 11.3. The lowest BCUT2D eigenvalue weighted by Gasteiger charge is -2.37. The van der Waals surface area contributed by atoms with Gasteiger partial charge in [0.2, 0.25) is 0 Å². The van der Waals surface area contributed by atoms with Crippen molar-refractivity contribution in [3.05, 3.63) is 35.9 Å². The lowest BCUT2D eigenvalue weighted by Crippen LogP contribution is -2.53. The van der Waals surface area contributed by atoms with E-state index >= 15 is 0 Å². The first-order valence-electron chi connectivity index (χ1n) is 6.94. The van der Waals surface area contributed by atoms with Crippen LogP contribution in [-0.4, -0.2) is 28.9 Å². The van der Waals surface area contributed by atoms with E-state index in [1.54, 1.807) is 4.90 Å². The Balaban J connectivity index is 2.12. The summed E-state index contributed by atoms with van der Waals surface area (Å²) in [6, 6.07) is 9.72. The molecule has 1 aromatic rings. The number of ether oxygens (including phenoxy) is 2. The maximum atomic E-state index is 12.5. The summed E-state index contributed by atoms with van der Waals surface area (Å²) in [4.78, 5) is 14.2. The molecule has 0 aromatic heterocycles. The molecule has 0 N–H and O–H groups in total. The van der Waals surface area contributed by atoms with Crippen molar-refractivity contribution in [1.29, 1.82) is 0 Å². The van der Waals surface area contributed by atoms with Crippen molar-refractivity contribution in [2.75, 3.05) is 6.61 Å². The molecule has 0 saturated carbocycles. The highest BCUT2D eigenvalue weighted by Crippen LogP contribution is 2.36. The highest BCUT2D eigenvalue weighted by molar-refractivity contribution is 5.70. The molecule has 0 radical (unpaired) electrons. The summed E-state index contributed by atoms with van der Waals surface area (Å²) in [5, 5.41) is 0. The SMILES string of the molecule is C[C@@H](OC(=O)N1C(C)(C)COC1(C)C)c1ccccc1. The van der Waals surface area contributed by atoms with E-state index in [0.29, 0.717) is 6.61 Å². The quantitative estimate of drug-likeness (QED) is 0.826. The maximum Gasteiger partial charge on any atom is 0.413 e. The van der Waals surface area contributed by atoms with Crippen LogP contribution in [0.25, 0.3) is 0 Å². The minimum absolute atomic E-state index is 0.282. The molecule has 20 heavy (non-hydrogen) atoms. The molecule has 1 atom stereocenters. The van der Waals surface area contributed by atoms with Crippen LogP contribution in [0.1, 0.15) is 46.3 Å². The molecule has 1 aliphatic heterocycles. The van der Waals surface area contributed by atoms with E-state index < -0.39 is 5.72 Å². The third-order valence-electron chi connectivity index (χ3n) is 3.65. The van der Waals surface area contributed by atoms with Gasteiger partial charge in [-0.15, -0.1) is 0 Å². The van der Waals surface area contributed by atoms with Crippen LogP contribution in [0.5, 0.6) is 0 Å². The van der Waals surface area contributed by atoms with Gasteiger partial charge in [-0.25, -0.2) is 4.79 Å². The Bertz CT molecular complexity index is 466. The summed E-state index contributed by atoms with van der Waals surface area (Å²) in [5.74, 6) is 0. The van der Waals surface area contributed by atoms with Crippen LogP contribution in [0.2, 0.25) is 0 Å². The van der Waals surface area contributed by atoms with Crippen molar-refractivity contribution >= 4 is 6.09 Å². The number of rotatable bonds is 2. The molecular formula is C16H23NO3. The van der Waals surface area contributed by atoms with Crippen molar-refractivity contribution < 1.29 is 14.3 Å². The third-order valence-corrected chi connectivity index (χ3v) is 3.65. The number of hydrogen-bond acceptors (Lipinski definition) is 3. The maximum absolute atomic E-state index is 12.5. The highest BCUT2D eigenvalue weighted by atomic mass is 16.6. The van der Waals surface area contributed by atoms with E-state index in [1.807, 2.05) is 65.0 Å². The fraction of sp³-hybridized carbons (Fsp3) is 0.562. The molecular weight excluding hydrogens is 254 g/mol. The third kappa shape index (κ3) is 2.80. The largest absolute Gasteiger partial charge is 0.441 e. The van der Waals surface area contributed by atoms with Crippen LogP contribution in [0.3, 0.4) is 0 Å². The van der Waals surface area contributed by atoms with Crippen LogP contribution < -0.4 is 0 Å². The Morgan fingerprint density at radius 3 is 2.35 bits per heavy atom. The second-order valence-electron chi connectivity index (χ2n) is 6.32. The van der Waals surface area contributed by atoms with Gasteiger partial charge < -0.3 is 9.47 Å². The Labute approximate surface area is 120 Å². The molecule has 1 saturated heterocycles. The molecule has 110 valence electrons. The van der Waals surface area contributed by atoms with Gasteiger partial charge in [-0.3, -0.25) is 4.90 Å². The normalized spacial score (nSPS) is 21.6. The van der Waals surface area contributed by atoms with Crippen LogP contribution in [-0.2, 0) is 9.47 Å². The molecule has 2 rings (SSSR count). The Hall–Kier alpha value is -1.55. The Morgan fingerprint density at radius 1 is 1.25 bits per heavy atom. The van der Waals surface area contributed by atoms with Gasteiger partial charge in [0.05, 0.1) is 12.1 Å². The Morgan fingerprint density at radius 2 is 1.85 bits per heavy atom. The molecule has 1 aromatic carbocycles. The number of hydrogen-bond donors (Lipinski definition) is 0. The van der Waals surface area contributed by atoms with Gasteiger partial charge in [-0.1, -0.05) is 30.3 Å². The number of carbonyl (C=O) groups is 1. The van der Waals surface area contributed by atoms with E-state index in [4.69, 9.17) is 9.47 Å². The summed E-state index contributed by atoms with van der Waals surface area (Å²) in [6.45, 7) is 10.1. The van der Waals surface area contributed by atoms with Crippen molar-refractivity contribution in [1.82, 2.24) is 4.90 Å². The summed E-state index contributed by atoms with van der Waals surface area (Å²) in [7, 11) is 0. The van der Waals surface area contributed by atoms with E-state index in [2.05, 4.69) is 0 Å². The summed E-state index contributed by atoms with van der Waals surface area (Å²) in [5.41, 5.74) is -0.0230. The average Bonchev–Trinajstić information content (AvgIpc) is 2.59. The van der Waals surface area contributed by atoms with Gasteiger partial charge in [0.15, 0.2) is 0 Å². The zero-order chi connectivity index (χ0) is 15.0. The number of carbonyl (C=O) groups excluding carboxylic acids is 1. The Kier molecular flexibility index (Phi) is 3.78. The minimum atomic E-state index is -0.642. The van der Waals surface area contributed by atoms with Crippen molar-refractivity contribution in [3.8, 4) is 0 Å². The number of nitrogens with zero attached hydrogens (tertiary/aromatic N) is 1. The zero-order valence-electron chi connectivity index (χ0n) is 12.8. The molecule has 1 aliphatic rings. The van der Waals surface area contributed by atoms with Gasteiger partial charge in [0.25, 0.3) is 0 Å². The van der Waals surface area contributed by atoms with Gasteiger partial charge >= 0.3 is 6.09 Å². The lowest BCUT2D eigenvalue weighted by molar-refractivity contribution is -0.0574. The standard InChI is InChI=1S/C16H23NO3/c1-12(13-9-7-6-8-10-13)20-14(18)17-15(2,3)11-19-16(17,4)5/h6-10,12H,11H2,1-5H3/t12-/m1/s1. The van der Waals surface area contributed by atoms with Gasteiger partial charge in [0.1, 0.15) is 11.8 Å². The number of benzene rings is 1. The minimum Gasteiger partial charge on any atom is -0.441 e.